The van der Waals surface area contributed by atoms with E-state index in [2.05, 4.69) is 43.6 Å². The Kier molecular flexibility index (Phi) is 2.41. The van der Waals surface area contributed by atoms with E-state index in [4.69, 9.17) is 0 Å². The van der Waals surface area contributed by atoms with Crippen molar-refractivity contribution in [3.05, 3.63) is 28.8 Å². The van der Waals surface area contributed by atoms with Gasteiger partial charge in [0, 0.05) is 22.5 Å². The fourth-order valence-electron chi connectivity index (χ4n) is 1.84. The van der Waals surface area contributed by atoms with Crippen LogP contribution in [0.15, 0.2) is 17.5 Å². The third-order valence-electron chi connectivity index (χ3n) is 2.77. The number of aromatic nitrogens is 2. The van der Waals surface area contributed by atoms with E-state index in [0.29, 0.717) is 0 Å². The van der Waals surface area contributed by atoms with E-state index in [0.717, 1.165) is 16.9 Å². The molecule has 0 spiro atoms. The number of nitrogens with zero attached hydrogens (tertiary/aromatic N) is 1. The Bertz CT molecular complexity index is 457. The summed E-state index contributed by atoms with van der Waals surface area (Å²) in [5.74, 6) is 0.735. The van der Waals surface area contributed by atoms with Crippen molar-refractivity contribution in [1.29, 1.82) is 0 Å². The van der Waals surface area contributed by atoms with Gasteiger partial charge in [-0.1, -0.05) is 22.0 Å². The molecule has 2 aromatic heterocycles. The normalized spacial score (nSPS) is 15.8. The summed E-state index contributed by atoms with van der Waals surface area (Å²) in [5.41, 5.74) is 3.82. The molecule has 0 aromatic carbocycles. The van der Waals surface area contributed by atoms with Gasteiger partial charge in [-0.2, -0.15) is 5.10 Å². The van der Waals surface area contributed by atoms with E-state index in [9.17, 15) is 0 Å². The molecule has 2 heterocycles. The van der Waals surface area contributed by atoms with Crippen molar-refractivity contribution < 1.29 is 0 Å². The lowest BCUT2D eigenvalue weighted by Crippen LogP contribution is -1.86. The summed E-state index contributed by atoms with van der Waals surface area (Å²) in [5, 5.41) is 10.6. The minimum absolute atomic E-state index is 0.735. The van der Waals surface area contributed by atoms with E-state index >= 15 is 0 Å². The van der Waals surface area contributed by atoms with Gasteiger partial charge in [-0.3, -0.25) is 5.10 Å². The topological polar surface area (TPSA) is 28.7 Å². The van der Waals surface area contributed by atoms with E-state index < -0.39 is 0 Å². The van der Waals surface area contributed by atoms with Crippen LogP contribution in [0.5, 0.6) is 0 Å². The predicted octanol–water partition coefficient (Wildman–Crippen LogP) is 3.91. The third-order valence-corrected chi connectivity index (χ3v) is 4.21. The Morgan fingerprint density at radius 3 is 3.00 bits per heavy atom. The van der Waals surface area contributed by atoms with Crippen molar-refractivity contribution in [1.82, 2.24) is 10.2 Å². The number of aromatic amines is 1. The lowest BCUT2D eigenvalue weighted by molar-refractivity contribution is 0.959. The van der Waals surface area contributed by atoms with E-state index in [-0.39, 0.29) is 0 Å². The minimum Gasteiger partial charge on any atom is -0.281 e. The van der Waals surface area contributed by atoms with Crippen LogP contribution >= 0.6 is 27.3 Å². The molecule has 3 rings (SSSR count). The fraction of sp³-hybridized carbons (Fsp3) is 0.364. The Hall–Kier alpha value is -0.610. The molecule has 0 bridgehead atoms. The summed E-state index contributed by atoms with van der Waals surface area (Å²) in [4.78, 5) is 1.26. The molecular formula is C11H11BrN2S. The number of hydrogen-bond acceptors (Lipinski definition) is 2. The molecule has 1 N–H and O–H groups in total. The highest BCUT2D eigenvalue weighted by Gasteiger charge is 2.29. The first kappa shape index (κ1) is 9.60. The van der Waals surface area contributed by atoms with E-state index in [1.54, 1.807) is 11.3 Å². The maximum Gasteiger partial charge on any atom is 0.106 e. The van der Waals surface area contributed by atoms with Gasteiger partial charge in [0.2, 0.25) is 0 Å². The van der Waals surface area contributed by atoms with Gasteiger partial charge in [0.25, 0.3) is 0 Å². The van der Waals surface area contributed by atoms with Crippen molar-refractivity contribution in [3.8, 4) is 10.6 Å². The number of halogens is 1. The van der Waals surface area contributed by atoms with E-state index in [1.165, 1.54) is 29.0 Å². The molecule has 1 aliphatic rings. The molecular weight excluding hydrogens is 272 g/mol. The van der Waals surface area contributed by atoms with Gasteiger partial charge in [-0.15, -0.1) is 11.3 Å². The highest BCUT2D eigenvalue weighted by atomic mass is 79.9. The molecule has 78 valence electrons. The number of thiophene rings is 1. The SMILES string of the molecule is BrCc1c(-c2cccs2)n[nH]c1C1CC1. The van der Waals surface area contributed by atoms with Crippen LogP contribution in [0.25, 0.3) is 10.6 Å². The van der Waals surface area contributed by atoms with Crippen molar-refractivity contribution >= 4 is 27.3 Å². The predicted molar refractivity (Wildman–Crippen MR) is 66.5 cm³/mol. The molecule has 0 amide bonds. The summed E-state index contributed by atoms with van der Waals surface area (Å²) in [7, 11) is 0. The average molecular weight is 283 g/mol. The monoisotopic (exact) mass is 282 g/mol. The molecule has 1 saturated carbocycles. The second kappa shape index (κ2) is 3.76. The highest BCUT2D eigenvalue weighted by molar-refractivity contribution is 9.08. The van der Waals surface area contributed by atoms with Gasteiger partial charge in [0.1, 0.15) is 5.69 Å². The summed E-state index contributed by atoms with van der Waals surface area (Å²) in [6.07, 6.45) is 2.62. The van der Waals surface area contributed by atoms with Gasteiger partial charge < -0.3 is 0 Å². The lowest BCUT2D eigenvalue weighted by atomic mass is 10.1. The lowest BCUT2D eigenvalue weighted by Gasteiger charge is -1.98. The number of hydrogen-bond donors (Lipinski definition) is 1. The molecule has 15 heavy (non-hydrogen) atoms. The maximum atomic E-state index is 4.45. The Labute approximate surface area is 101 Å². The standard InChI is InChI=1S/C11H11BrN2S/c12-6-8-10(7-3-4-7)13-14-11(8)9-2-1-5-15-9/h1-2,5,7H,3-4,6H2,(H,13,14). The molecule has 2 nitrogen and oxygen atoms in total. The molecule has 0 radical (unpaired) electrons. The largest absolute Gasteiger partial charge is 0.281 e. The molecule has 1 aliphatic carbocycles. The molecule has 0 aliphatic heterocycles. The van der Waals surface area contributed by atoms with Crippen LogP contribution in [0, 0.1) is 0 Å². The Balaban J connectivity index is 2.07. The average Bonchev–Trinajstić information content (AvgIpc) is 2.83. The first-order valence-electron chi connectivity index (χ1n) is 5.07. The van der Waals surface area contributed by atoms with Crippen LogP contribution in [0.4, 0.5) is 0 Å². The third kappa shape index (κ3) is 1.66. The van der Waals surface area contributed by atoms with Crippen molar-refractivity contribution in [2.24, 2.45) is 0 Å². The van der Waals surface area contributed by atoms with Crippen molar-refractivity contribution in [2.75, 3.05) is 0 Å². The fourth-order valence-corrected chi connectivity index (χ4v) is 3.15. The van der Waals surface area contributed by atoms with Crippen molar-refractivity contribution in [3.63, 3.8) is 0 Å². The molecule has 0 atom stereocenters. The zero-order valence-corrected chi connectivity index (χ0v) is 10.6. The number of alkyl halides is 1. The molecule has 0 unspecified atom stereocenters. The smallest absolute Gasteiger partial charge is 0.106 e. The number of rotatable bonds is 3. The molecule has 1 fully saturated rings. The Morgan fingerprint density at radius 1 is 1.53 bits per heavy atom. The van der Waals surface area contributed by atoms with Gasteiger partial charge in [0.15, 0.2) is 0 Å². The van der Waals surface area contributed by atoms with Gasteiger partial charge in [-0.25, -0.2) is 0 Å². The zero-order chi connectivity index (χ0) is 10.3. The minimum atomic E-state index is 0.735. The van der Waals surface area contributed by atoms with Gasteiger partial charge in [0.05, 0.1) is 4.88 Å². The molecule has 0 saturated heterocycles. The quantitative estimate of drug-likeness (QED) is 0.850. The summed E-state index contributed by atoms with van der Waals surface area (Å²) in [6.45, 7) is 0. The van der Waals surface area contributed by atoms with Gasteiger partial charge >= 0.3 is 0 Å². The zero-order valence-electron chi connectivity index (χ0n) is 8.16. The summed E-state index contributed by atoms with van der Waals surface area (Å²) < 4.78 is 0. The molecule has 2 aromatic rings. The van der Waals surface area contributed by atoms with Crippen LogP contribution in [-0.2, 0) is 5.33 Å². The van der Waals surface area contributed by atoms with E-state index in [1.807, 2.05) is 0 Å². The second-order valence-corrected chi connectivity index (χ2v) is 5.36. The van der Waals surface area contributed by atoms with Crippen LogP contribution in [0.3, 0.4) is 0 Å². The highest BCUT2D eigenvalue weighted by Crippen LogP contribution is 2.43. The summed E-state index contributed by atoms with van der Waals surface area (Å²) >= 11 is 5.31. The Morgan fingerprint density at radius 2 is 2.40 bits per heavy atom. The van der Waals surface area contributed by atoms with Crippen molar-refractivity contribution in [2.45, 2.75) is 24.1 Å². The van der Waals surface area contributed by atoms with Crippen LogP contribution in [0.2, 0.25) is 0 Å². The number of nitrogens with one attached hydrogen (secondary N) is 1. The second-order valence-electron chi connectivity index (χ2n) is 3.85. The van der Waals surface area contributed by atoms with Crippen LogP contribution < -0.4 is 0 Å². The van der Waals surface area contributed by atoms with Gasteiger partial charge in [-0.05, 0) is 24.3 Å². The molecule has 4 heteroatoms. The maximum absolute atomic E-state index is 4.45. The van der Waals surface area contributed by atoms with Crippen LogP contribution in [-0.4, -0.2) is 10.2 Å². The first-order valence-corrected chi connectivity index (χ1v) is 7.07. The number of H-pyrrole nitrogens is 1. The first-order chi connectivity index (χ1) is 7.40. The van der Waals surface area contributed by atoms with Crippen LogP contribution in [0.1, 0.15) is 30.0 Å². The summed E-state index contributed by atoms with van der Waals surface area (Å²) in [6, 6.07) is 4.20.